The number of alkyl carbamates (subject to hydrolysis) is 1. The van der Waals surface area contributed by atoms with E-state index in [0.717, 1.165) is 12.0 Å². The van der Waals surface area contributed by atoms with Crippen LogP contribution in [0.5, 0.6) is 0 Å². The number of hydrogen-bond donors (Lipinski definition) is 2. The Labute approximate surface area is 145 Å². The van der Waals surface area contributed by atoms with Crippen LogP contribution in [0.15, 0.2) is 30.3 Å². The van der Waals surface area contributed by atoms with Crippen LogP contribution in [0.4, 0.5) is 4.79 Å². The number of carbonyl (C=O) groups is 1. The third-order valence-electron chi connectivity index (χ3n) is 3.98. The van der Waals surface area contributed by atoms with Crippen LogP contribution >= 0.6 is 0 Å². The largest absolute Gasteiger partial charge is 0.444 e. The Morgan fingerprint density at radius 2 is 1.88 bits per heavy atom. The van der Waals surface area contributed by atoms with Crippen LogP contribution in [0.25, 0.3) is 0 Å². The van der Waals surface area contributed by atoms with Crippen molar-refractivity contribution in [3.8, 4) is 0 Å². The highest BCUT2D eigenvalue weighted by molar-refractivity contribution is 5.67. The van der Waals surface area contributed by atoms with Crippen molar-refractivity contribution in [2.75, 3.05) is 19.8 Å². The van der Waals surface area contributed by atoms with Gasteiger partial charge in [-0.15, -0.1) is 0 Å². The van der Waals surface area contributed by atoms with Gasteiger partial charge in [-0.25, -0.2) is 4.79 Å². The molecule has 0 aromatic heterocycles. The molecule has 0 radical (unpaired) electrons. The van der Waals surface area contributed by atoms with Gasteiger partial charge in [0.25, 0.3) is 0 Å². The van der Waals surface area contributed by atoms with Crippen LogP contribution in [0.3, 0.4) is 0 Å². The lowest BCUT2D eigenvalue weighted by Crippen LogP contribution is -2.42. The van der Waals surface area contributed by atoms with Gasteiger partial charge in [-0.1, -0.05) is 37.3 Å². The molecule has 1 amide bonds. The minimum Gasteiger partial charge on any atom is -0.444 e. The summed E-state index contributed by atoms with van der Waals surface area (Å²) in [4.78, 5) is 11.8. The molecule has 136 valence electrons. The van der Waals surface area contributed by atoms with E-state index in [9.17, 15) is 9.90 Å². The molecule has 1 aromatic rings. The summed E-state index contributed by atoms with van der Waals surface area (Å²) in [6, 6.07) is 9.97. The van der Waals surface area contributed by atoms with Gasteiger partial charge in [-0.3, -0.25) is 0 Å². The maximum Gasteiger partial charge on any atom is 0.407 e. The number of hydrogen-bond acceptors (Lipinski definition) is 4. The van der Waals surface area contributed by atoms with E-state index in [4.69, 9.17) is 9.47 Å². The van der Waals surface area contributed by atoms with Gasteiger partial charge in [0.05, 0.1) is 13.2 Å². The highest BCUT2D eigenvalue weighted by Gasteiger charge is 2.29. The van der Waals surface area contributed by atoms with E-state index in [1.807, 2.05) is 58.0 Å². The van der Waals surface area contributed by atoms with Crippen molar-refractivity contribution in [1.29, 1.82) is 0 Å². The molecule has 0 bridgehead atoms. The molecular formula is C19H31NO4. The first kappa shape index (κ1) is 20.5. The van der Waals surface area contributed by atoms with Crippen molar-refractivity contribution in [2.24, 2.45) is 5.41 Å². The SMILES string of the molecule is CCC(CO)(CCOCc1ccccc1)CNC(=O)OC(C)(C)C. The van der Waals surface area contributed by atoms with Crippen molar-refractivity contribution >= 4 is 6.09 Å². The molecule has 5 heteroatoms. The Balaban J connectivity index is 2.41. The van der Waals surface area contributed by atoms with Gasteiger partial charge in [-0.05, 0) is 39.2 Å². The second-order valence-electron chi connectivity index (χ2n) is 7.16. The van der Waals surface area contributed by atoms with Crippen LogP contribution in [0.1, 0.15) is 46.1 Å². The number of ether oxygens (including phenoxy) is 2. The standard InChI is InChI=1S/C19H31NO4/c1-5-19(15-21,14-20-17(22)24-18(2,3)4)11-12-23-13-16-9-7-6-8-10-16/h6-10,21H,5,11-15H2,1-4H3,(H,20,22). The summed E-state index contributed by atoms with van der Waals surface area (Å²) in [6.07, 6.45) is 0.954. The molecule has 0 heterocycles. The second kappa shape index (κ2) is 9.64. The molecule has 0 aliphatic rings. The minimum atomic E-state index is -0.531. The van der Waals surface area contributed by atoms with Gasteiger partial charge in [0.2, 0.25) is 0 Å². The van der Waals surface area contributed by atoms with Crippen molar-refractivity contribution in [1.82, 2.24) is 5.32 Å². The predicted molar refractivity (Wildman–Crippen MR) is 94.8 cm³/mol. The third kappa shape index (κ3) is 7.79. The first-order valence-corrected chi connectivity index (χ1v) is 8.50. The number of aliphatic hydroxyl groups is 1. The molecule has 1 rings (SSSR count). The molecule has 1 unspecified atom stereocenters. The summed E-state index contributed by atoms with van der Waals surface area (Å²) in [5.41, 5.74) is 0.195. The number of aliphatic hydroxyl groups excluding tert-OH is 1. The summed E-state index contributed by atoms with van der Waals surface area (Å²) >= 11 is 0. The Hall–Kier alpha value is -1.59. The average Bonchev–Trinajstić information content (AvgIpc) is 2.54. The Morgan fingerprint density at radius 3 is 2.42 bits per heavy atom. The fourth-order valence-corrected chi connectivity index (χ4v) is 2.26. The molecule has 0 fully saturated rings. The first-order valence-electron chi connectivity index (χ1n) is 8.50. The van der Waals surface area contributed by atoms with E-state index in [2.05, 4.69) is 5.32 Å². The lowest BCUT2D eigenvalue weighted by Gasteiger charge is -2.31. The fraction of sp³-hybridized carbons (Fsp3) is 0.632. The maximum atomic E-state index is 11.8. The van der Waals surface area contributed by atoms with E-state index in [1.165, 1.54) is 0 Å². The lowest BCUT2D eigenvalue weighted by molar-refractivity contribution is 0.0329. The summed E-state index contributed by atoms with van der Waals surface area (Å²) in [5, 5.41) is 12.6. The summed E-state index contributed by atoms with van der Waals surface area (Å²) in [5.74, 6) is 0. The molecular weight excluding hydrogens is 306 g/mol. The minimum absolute atomic E-state index is 0.00596. The topological polar surface area (TPSA) is 67.8 Å². The zero-order chi connectivity index (χ0) is 18.1. The van der Waals surface area contributed by atoms with E-state index in [1.54, 1.807) is 0 Å². The van der Waals surface area contributed by atoms with Gasteiger partial charge >= 0.3 is 6.09 Å². The van der Waals surface area contributed by atoms with Crippen LogP contribution in [0.2, 0.25) is 0 Å². The quantitative estimate of drug-likeness (QED) is 0.677. The molecule has 0 saturated heterocycles. The number of amides is 1. The molecule has 0 aliphatic heterocycles. The molecule has 1 aromatic carbocycles. The van der Waals surface area contributed by atoms with Gasteiger partial charge in [0.1, 0.15) is 5.60 Å². The third-order valence-corrected chi connectivity index (χ3v) is 3.98. The average molecular weight is 337 g/mol. The van der Waals surface area contributed by atoms with Crippen LogP contribution < -0.4 is 5.32 Å². The normalized spacial score (nSPS) is 14.0. The monoisotopic (exact) mass is 337 g/mol. The van der Waals surface area contributed by atoms with Crippen molar-refractivity contribution in [2.45, 2.75) is 52.7 Å². The fourth-order valence-electron chi connectivity index (χ4n) is 2.26. The first-order chi connectivity index (χ1) is 11.3. The number of nitrogens with one attached hydrogen (secondary N) is 1. The van der Waals surface area contributed by atoms with Gasteiger partial charge in [0.15, 0.2) is 0 Å². The van der Waals surface area contributed by atoms with E-state index >= 15 is 0 Å². The highest BCUT2D eigenvalue weighted by atomic mass is 16.6. The van der Waals surface area contributed by atoms with Crippen LogP contribution in [-0.2, 0) is 16.1 Å². The highest BCUT2D eigenvalue weighted by Crippen LogP contribution is 2.25. The van der Waals surface area contributed by atoms with E-state index in [0.29, 0.717) is 26.2 Å². The number of rotatable bonds is 9. The van der Waals surface area contributed by atoms with Crippen LogP contribution in [0, 0.1) is 5.41 Å². The molecule has 2 N–H and O–H groups in total. The lowest BCUT2D eigenvalue weighted by atomic mass is 9.83. The smallest absolute Gasteiger partial charge is 0.407 e. The summed E-state index contributed by atoms with van der Waals surface area (Å²) in [6.45, 7) is 8.90. The Kier molecular flexibility index (Phi) is 8.22. The summed E-state index contributed by atoms with van der Waals surface area (Å²) < 4.78 is 11.0. The molecule has 24 heavy (non-hydrogen) atoms. The second-order valence-corrected chi connectivity index (χ2v) is 7.16. The molecule has 5 nitrogen and oxygen atoms in total. The summed E-state index contributed by atoms with van der Waals surface area (Å²) in [7, 11) is 0. The van der Waals surface area contributed by atoms with E-state index < -0.39 is 17.1 Å². The maximum absolute atomic E-state index is 11.8. The van der Waals surface area contributed by atoms with Gasteiger partial charge in [-0.2, -0.15) is 0 Å². The Bertz CT molecular complexity index is 478. The number of benzene rings is 1. The van der Waals surface area contributed by atoms with Crippen molar-refractivity contribution in [3.63, 3.8) is 0 Å². The molecule has 0 spiro atoms. The molecule has 1 atom stereocenters. The van der Waals surface area contributed by atoms with Crippen LogP contribution in [-0.4, -0.2) is 36.6 Å². The van der Waals surface area contributed by atoms with Crippen molar-refractivity contribution in [3.05, 3.63) is 35.9 Å². The molecule has 0 saturated carbocycles. The zero-order valence-electron chi connectivity index (χ0n) is 15.3. The van der Waals surface area contributed by atoms with Gasteiger partial charge in [0, 0.05) is 18.6 Å². The Morgan fingerprint density at radius 1 is 1.21 bits per heavy atom. The molecule has 0 aliphatic carbocycles. The van der Waals surface area contributed by atoms with E-state index in [-0.39, 0.29) is 6.61 Å². The van der Waals surface area contributed by atoms with Gasteiger partial charge < -0.3 is 19.9 Å². The number of carbonyl (C=O) groups excluding carboxylic acids is 1. The predicted octanol–water partition coefficient (Wildman–Crippen LogP) is 3.51. The van der Waals surface area contributed by atoms with Crippen molar-refractivity contribution < 1.29 is 19.4 Å². The zero-order valence-corrected chi connectivity index (χ0v) is 15.3.